The molecule has 0 bridgehead atoms. The molecule has 4 nitrogen and oxygen atoms in total. The van der Waals surface area contributed by atoms with E-state index in [4.69, 9.17) is 5.73 Å². The van der Waals surface area contributed by atoms with Crippen LogP contribution in [-0.2, 0) is 17.8 Å². The highest BCUT2D eigenvalue weighted by Crippen LogP contribution is 2.15. The Morgan fingerprint density at radius 1 is 1.63 bits per heavy atom. The van der Waals surface area contributed by atoms with Crippen LogP contribution in [-0.4, -0.2) is 40.9 Å². The first-order valence-corrected chi connectivity index (χ1v) is 8.22. The van der Waals surface area contributed by atoms with E-state index in [1.807, 2.05) is 12.5 Å². The summed E-state index contributed by atoms with van der Waals surface area (Å²) < 4.78 is 0. The van der Waals surface area contributed by atoms with Crippen LogP contribution in [0.2, 0.25) is 0 Å². The van der Waals surface area contributed by atoms with Crippen molar-refractivity contribution < 1.29 is 4.79 Å². The molecule has 0 saturated carbocycles. The highest BCUT2D eigenvalue weighted by molar-refractivity contribution is 7.98. The van der Waals surface area contributed by atoms with E-state index < -0.39 is 6.04 Å². The number of aryl methyl sites for hydroxylation is 1. The van der Waals surface area contributed by atoms with Crippen molar-refractivity contribution in [2.75, 3.05) is 19.1 Å². The molecule has 0 unspecified atom stereocenters. The van der Waals surface area contributed by atoms with Crippen molar-refractivity contribution in [2.45, 2.75) is 32.4 Å². The summed E-state index contributed by atoms with van der Waals surface area (Å²) in [5.74, 6) is 0.912. The van der Waals surface area contributed by atoms with Crippen LogP contribution in [0.25, 0.3) is 0 Å². The van der Waals surface area contributed by atoms with E-state index in [9.17, 15) is 4.79 Å². The summed E-state index contributed by atoms with van der Waals surface area (Å²) in [6.07, 6.45) is 5.61. The number of aromatic nitrogens is 1. The van der Waals surface area contributed by atoms with Crippen LogP contribution < -0.4 is 5.73 Å². The zero-order valence-corrected chi connectivity index (χ0v) is 14.0. The molecule has 0 aliphatic rings. The standard InChI is InChI=1S/C12H21N3OS2.ClH/c1-4-9-7-14-11(18-9)8-15(2)12(16)10(13)5-6-17-3;/h7,10H,4-6,8,13H2,1-3H3;1H/t10-;/m0./s1. The monoisotopic (exact) mass is 323 g/mol. The number of likely N-dealkylation sites (N-methyl/N-ethyl adjacent to an activating group) is 1. The zero-order valence-electron chi connectivity index (χ0n) is 11.6. The van der Waals surface area contributed by atoms with Gasteiger partial charge in [-0.2, -0.15) is 11.8 Å². The van der Waals surface area contributed by atoms with E-state index in [0.29, 0.717) is 6.54 Å². The van der Waals surface area contributed by atoms with E-state index in [0.717, 1.165) is 23.6 Å². The highest BCUT2D eigenvalue weighted by Gasteiger charge is 2.18. The molecule has 0 saturated heterocycles. The molecule has 1 aromatic rings. The maximum absolute atomic E-state index is 12.0. The molecule has 0 spiro atoms. The van der Waals surface area contributed by atoms with Gasteiger partial charge in [-0.3, -0.25) is 4.79 Å². The van der Waals surface area contributed by atoms with Gasteiger partial charge >= 0.3 is 0 Å². The average Bonchev–Trinajstić information content (AvgIpc) is 2.82. The molecular weight excluding hydrogens is 302 g/mol. The van der Waals surface area contributed by atoms with Gasteiger partial charge in [0, 0.05) is 18.1 Å². The van der Waals surface area contributed by atoms with Crippen LogP contribution in [0, 0.1) is 0 Å². The van der Waals surface area contributed by atoms with Gasteiger partial charge in [-0.1, -0.05) is 6.92 Å². The minimum atomic E-state index is -0.395. The number of carbonyl (C=O) groups is 1. The number of hydrogen-bond donors (Lipinski definition) is 1. The summed E-state index contributed by atoms with van der Waals surface area (Å²) in [6.45, 7) is 2.65. The number of amides is 1. The normalized spacial score (nSPS) is 11.8. The molecule has 7 heteroatoms. The predicted molar refractivity (Wildman–Crippen MR) is 86.2 cm³/mol. The van der Waals surface area contributed by atoms with Gasteiger partial charge in [0.25, 0.3) is 0 Å². The molecule has 19 heavy (non-hydrogen) atoms. The third kappa shape index (κ3) is 6.12. The largest absolute Gasteiger partial charge is 0.338 e. The Bertz CT molecular complexity index is 387. The van der Waals surface area contributed by atoms with Gasteiger partial charge in [0.05, 0.1) is 12.6 Å². The Labute approximate surface area is 129 Å². The number of thiazole rings is 1. The van der Waals surface area contributed by atoms with E-state index in [-0.39, 0.29) is 18.3 Å². The Morgan fingerprint density at radius 3 is 2.84 bits per heavy atom. The van der Waals surface area contributed by atoms with Crippen LogP contribution >= 0.6 is 35.5 Å². The number of rotatable bonds is 7. The summed E-state index contributed by atoms with van der Waals surface area (Å²) in [4.78, 5) is 19.2. The van der Waals surface area contributed by atoms with Crippen molar-refractivity contribution >= 4 is 41.4 Å². The molecule has 0 aliphatic carbocycles. The van der Waals surface area contributed by atoms with E-state index in [1.165, 1.54) is 4.88 Å². The lowest BCUT2D eigenvalue weighted by atomic mass is 10.2. The second-order valence-electron chi connectivity index (χ2n) is 4.16. The predicted octanol–water partition coefficient (Wildman–Crippen LogP) is 2.17. The smallest absolute Gasteiger partial charge is 0.239 e. The Morgan fingerprint density at radius 2 is 2.32 bits per heavy atom. The lowest BCUT2D eigenvalue weighted by Crippen LogP contribution is -2.41. The van der Waals surface area contributed by atoms with Crippen LogP contribution in [0.15, 0.2) is 6.20 Å². The first-order valence-electron chi connectivity index (χ1n) is 6.01. The van der Waals surface area contributed by atoms with Gasteiger partial charge in [-0.25, -0.2) is 4.98 Å². The van der Waals surface area contributed by atoms with Gasteiger partial charge < -0.3 is 10.6 Å². The number of nitrogens with zero attached hydrogens (tertiary/aromatic N) is 2. The van der Waals surface area contributed by atoms with Crippen molar-refractivity contribution in [2.24, 2.45) is 5.73 Å². The summed E-state index contributed by atoms with van der Waals surface area (Å²) in [5, 5.41) is 0.972. The lowest BCUT2D eigenvalue weighted by Gasteiger charge is -2.20. The van der Waals surface area contributed by atoms with Crippen molar-refractivity contribution in [1.82, 2.24) is 9.88 Å². The molecule has 0 aliphatic heterocycles. The summed E-state index contributed by atoms with van der Waals surface area (Å²) in [6, 6.07) is -0.395. The minimum absolute atomic E-state index is 0. The second kappa shape index (κ2) is 9.58. The maximum Gasteiger partial charge on any atom is 0.239 e. The fourth-order valence-corrected chi connectivity index (χ4v) is 2.92. The van der Waals surface area contributed by atoms with Crippen molar-refractivity contribution in [1.29, 1.82) is 0 Å². The Kier molecular flexibility index (Phi) is 9.43. The first-order chi connectivity index (χ1) is 8.58. The van der Waals surface area contributed by atoms with Crippen molar-refractivity contribution in [3.05, 3.63) is 16.1 Å². The highest BCUT2D eigenvalue weighted by atomic mass is 35.5. The first kappa shape index (κ1) is 18.7. The summed E-state index contributed by atoms with van der Waals surface area (Å²) in [7, 11) is 1.79. The molecule has 1 rings (SSSR count). The maximum atomic E-state index is 12.0. The molecular formula is C12H22ClN3OS2. The molecule has 0 fully saturated rings. The van der Waals surface area contributed by atoms with E-state index in [1.54, 1.807) is 35.0 Å². The summed E-state index contributed by atoms with van der Waals surface area (Å²) >= 11 is 3.37. The van der Waals surface area contributed by atoms with E-state index >= 15 is 0 Å². The van der Waals surface area contributed by atoms with Crippen LogP contribution in [0.3, 0.4) is 0 Å². The molecule has 0 radical (unpaired) electrons. The van der Waals surface area contributed by atoms with Crippen LogP contribution in [0.4, 0.5) is 0 Å². The minimum Gasteiger partial charge on any atom is -0.338 e. The molecule has 1 atom stereocenters. The number of thioether (sulfide) groups is 1. The van der Waals surface area contributed by atoms with Crippen LogP contribution in [0.1, 0.15) is 23.2 Å². The van der Waals surface area contributed by atoms with Gasteiger partial charge in [0.1, 0.15) is 5.01 Å². The van der Waals surface area contributed by atoms with Gasteiger partial charge in [-0.15, -0.1) is 23.7 Å². The fourth-order valence-electron chi connectivity index (χ4n) is 1.52. The Balaban J connectivity index is 0.00000324. The zero-order chi connectivity index (χ0) is 13.5. The average molecular weight is 324 g/mol. The van der Waals surface area contributed by atoms with E-state index in [2.05, 4.69) is 11.9 Å². The van der Waals surface area contributed by atoms with Gasteiger partial charge in [0.15, 0.2) is 0 Å². The molecule has 2 N–H and O–H groups in total. The number of halogens is 1. The molecule has 1 heterocycles. The lowest BCUT2D eigenvalue weighted by molar-refractivity contribution is -0.131. The number of hydrogen-bond acceptors (Lipinski definition) is 5. The Hall–Kier alpha value is -0.300. The van der Waals surface area contributed by atoms with Gasteiger partial charge in [0.2, 0.25) is 5.91 Å². The van der Waals surface area contributed by atoms with Gasteiger partial charge in [-0.05, 0) is 24.9 Å². The topological polar surface area (TPSA) is 59.2 Å². The molecule has 0 aromatic carbocycles. The number of carbonyl (C=O) groups excluding carboxylic acids is 1. The third-order valence-corrected chi connectivity index (χ3v) is 4.42. The SMILES string of the molecule is CCc1cnc(CN(C)C(=O)[C@@H](N)CCSC)s1.Cl. The third-order valence-electron chi connectivity index (χ3n) is 2.65. The van der Waals surface area contributed by atoms with Crippen molar-refractivity contribution in [3.8, 4) is 0 Å². The van der Waals surface area contributed by atoms with Crippen LogP contribution in [0.5, 0.6) is 0 Å². The fraction of sp³-hybridized carbons (Fsp3) is 0.667. The van der Waals surface area contributed by atoms with Crippen molar-refractivity contribution in [3.63, 3.8) is 0 Å². The number of nitrogens with two attached hydrogens (primary N) is 1. The second-order valence-corrected chi connectivity index (χ2v) is 6.34. The molecule has 1 amide bonds. The molecule has 110 valence electrons. The summed E-state index contributed by atoms with van der Waals surface area (Å²) in [5.41, 5.74) is 5.87. The quantitative estimate of drug-likeness (QED) is 0.835. The molecule has 1 aromatic heterocycles.